The molecule has 4 rings (SSSR count). The van der Waals surface area contributed by atoms with Crippen molar-refractivity contribution in [3.63, 3.8) is 0 Å². The van der Waals surface area contributed by atoms with Crippen molar-refractivity contribution in [2.45, 2.75) is 26.1 Å². The highest BCUT2D eigenvalue weighted by atomic mass is 127. The normalized spacial score (nSPS) is 16.2. The number of carbonyl (C=O) groups is 1. The first-order valence-electron chi connectivity index (χ1n) is 10.3. The number of nitrogens with zero attached hydrogens (tertiary/aromatic N) is 5. The average molecular weight is 573 g/mol. The van der Waals surface area contributed by atoms with Crippen LogP contribution in [-0.4, -0.2) is 54.7 Å². The average Bonchev–Trinajstić information content (AvgIpc) is 3.17. The summed E-state index contributed by atoms with van der Waals surface area (Å²) in [4.78, 5) is 19.2. The van der Waals surface area contributed by atoms with Crippen LogP contribution in [0.2, 0.25) is 0 Å². The molecular weight excluding hydrogens is 550 g/mol. The van der Waals surface area contributed by atoms with Crippen LogP contribution in [0.15, 0.2) is 30.5 Å². The number of fused-ring (bicyclic) bond motifs is 1. The molecule has 1 saturated heterocycles. The molecular formula is C21H23F3IN7O. The quantitative estimate of drug-likeness (QED) is 0.280. The zero-order valence-corrected chi connectivity index (χ0v) is 20.2. The minimum atomic E-state index is -4.50. The van der Waals surface area contributed by atoms with E-state index in [-0.39, 0.29) is 11.6 Å². The fourth-order valence-corrected chi connectivity index (χ4v) is 4.21. The zero-order chi connectivity index (χ0) is 23.9. The Labute approximate surface area is 202 Å². The predicted molar refractivity (Wildman–Crippen MR) is 127 cm³/mol. The maximum Gasteiger partial charge on any atom is 0.416 e. The topological polar surface area (TPSA) is 91.8 Å². The Kier molecular flexibility index (Phi) is 6.40. The van der Waals surface area contributed by atoms with Crippen molar-refractivity contribution in [1.82, 2.24) is 22.6 Å². The highest BCUT2D eigenvalue weighted by molar-refractivity contribution is 14.1. The Morgan fingerprint density at radius 3 is 2.55 bits per heavy atom. The number of aromatic nitrogens is 3. The van der Waals surface area contributed by atoms with Gasteiger partial charge in [0.15, 0.2) is 5.82 Å². The minimum absolute atomic E-state index is 0.0275. The molecule has 12 heteroatoms. The van der Waals surface area contributed by atoms with E-state index in [0.29, 0.717) is 41.4 Å². The van der Waals surface area contributed by atoms with Gasteiger partial charge < -0.3 is 16.0 Å². The summed E-state index contributed by atoms with van der Waals surface area (Å²) in [5, 5.41) is 7.51. The van der Waals surface area contributed by atoms with Crippen LogP contribution in [0.1, 0.15) is 40.3 Å². The number of amides is 1. The molecule has 0 bridgehead atoms. The van der Waals surface area contributed by atoms with Crippen LogP contribution in [0.25, 0.3) is 5.52 Å². The van der Waals surface area contributed by atoms with E-state index in [4.69, 9.17) is 5.73 Å². The van der Waals surface area contributed by atoms with Crippen molar-refractivity contribution < 1.29 is 18.0 Å². The third kappa shape index (κ3) is 5.16. The molecule has 3 heterocycles. The van der Waals surface area contributed by atoms with E-state index in [1.807, 2.05) is 0 Å². The van der Waals surface area contributed by atoms with E-state index in [9.17, 15) is 18.0 Å². The monoisotopic (exact) mass is 573 g/mol. The molecule has 0 radical (unpaired) electrons. The molecule has 1 atom stereocenters. The lowest BCUT2D eigenvalue weighted by Crippen LogP contribution is -2.45. The Bertz CT molecular complexity index is 1190. The molecule has 1 aliphatic rings. The van der Waals surface area contributed by atoms with E-state index in [1.165, 1.54) is 6.07 Å². The van der Waals surface area contributed by atoms with Crippen LogP contribution < -0.4 is 11.1 Å². The maximum atomic E-state index is 13.2. The largest absolute Gasteiger partial charge is 0.416 e. The number of halogens is 4. The van der Waals surface area contributed by atoms with Crippen LogP contribution >= 0.6 is 22.9 Å². The third-order valence-electron chi connectivity index (χ3n) is 5.49. The van der Waals surface area contributed by atoms with Gasteiger partial charge in [-0.25, -0.2) is 12.6 Å². The van der Waals surface area contributed by atoms with E-state index < -0.39 is 17.8 Å². The fraction of sp³-hybridized carbons (Fsp3) is 0.381. The van der Waals surface area contributed by atoms with Gasteiger partial charge in [-0.3, -0.25) is 4.79 Å². The predicted octanol–water partition coefficient (Wildman–Crippen LogP) is 3.92. The van der Waals surface area contributed by atoms with E-state index in [0.717, 1.165) is 25.2 Å². The molecule has 0 saturated carbocycles. The van der Waals surface area contributed by atoms with Gasteiger partial charge in [0.2, 0.25) is 0 Å². The van der Waals surface area contributed by atoms with Crippen LogP contribution in [0, 0.1) is 6.92 Å². The van der Waals surface area contributed by atoms with Crippen molar-refractivity contribution in [3.8, 4) is 0 Å². The smallest absolute Gasteiger partial charge is 0.399 e. The zero-order valence-electron chi connectivity index (χ0n) is 18.0. The standard InChI is InChI=1S/C21H23F3IN7O/c1-12(14-7-16(21(22,23)24)10-17(26)8-14)27-19-18-9-15(11-32(18)29-13(2)28-19)20(33)30-3-5-31(25)6-4-30/h7-12H,3-6,26H2,1-2H3,(H,27,28,29)/t12-/m1/s1. The number of aryl methyl sites for hydroxylation is 1. The number of alkyl halides is 3. The molecule has 1 aliphatic heterocycles. The van der Waals surface area contributed by atoms with Crippen molar-refractivity contribution in [2.75, 3.05) is 37.2 Å². The molecule has 176 valence electrons. The van der Waals surface area contributed by atoms with Crippen molar-refractivity contribution in [2.24, 2.45) is 0 Å². The number of piperazine rings is 1. The summed E-state index contributed by atoms with van der Waals surface area (Å²) in [6.45, 7) is 6.29. The van der Waals surface area contributed by atoms with Crippen molar-refractivity contribution in [3.05, 3.63) is 53.0 Å². The summed E-state index contributed by atoms with van der Waals surface area (Å²) < 4.78 is 43.3. The Hall–Kier alpha value is -2.61. The lowest BCUT2D eigenvalue weighted by Gasteiger charge is -2.30. The number of carbonyl (C=O) groups excluding carboxylic acids is 1. The minimum Gasteiger partial charge on any atom is -0.399 e. The number of hydrogen-bond acceptors (Lipinski definition) is 6. The second kappa shape index (κ2) is 8.97. The second-order valence-electron chi connectivity index (χ2n) is 8.02. The number of nitrogens with two attached hydrogens (primary N) is 1. The molecule has 1 amide bonds. The number of anilines is 2. The number of nitrogen functional groups attached to an aromatic ring is 1. The summed E-state index contributed by atoms with van der Waals surface area (Å²) >= 11 is 2.24. The number of nitrogens with one attached hydrogen (secondary N) is 1. The van der Waals surface area contributed by atoms with Gasteiger partial charge in [-0.2, -0.15) is 18.3 Å². The number of benzene rings is 1. The summed E-state index contributed by atoms with van der Waals surface area (Å²) in [6, 6.07) is 4.65. The van der Waals surface area contributed by atoms with Gasteiger partial charge in [0.25, 0.3) is 5.91 Å². The van der Waals surface area contributed by atoms with Gasteiger partial charge in [-0.05, 0) is 43.7 Å². The molecule has 8 nitrogen and oxygen atoms in total. The molecule has 33 heavy (non-hydrogen) atoms. The molecule has 1 aromatic carbocycles. The first-order chi connectivity index (χ1) is 15.5. The fourth-order valence-electron chi connectivity index (χ4n) is 3.78. The Morgan fingerprint density at radius 2 is 1.88 bits per heavy atom. The highest BCUT2D eigenvalue weighted by Crippen LogP contribution is 2.33. The lowest BCUT2D eigenvalue weighted by atomic mass is 10.0. The van der Waals surface area contributed by atoms with Gasteiger partial charge in [0.1, 0.15) is 11.3 Å². The molecule has 1 fully saturated rings. The Morgan fingerprint density at radius 1 is 1.18 bits per heavy atom. The maximum absolute atomic E-state index is 13.2. The Balaban J connectivity index is 1.63. The van der Waals surface area contributed by atoms with Gasteiger partial charge >= 0.3 is 6.18 Å². The molecule has 3 N–H and O–H groups in total. The first-order valence-corrected chi connectivity index (χ1v) is 11.3. The SMILES string of the molecule is Cc1nc(N[C@H](C)c2cc(N)cc(C(F)(F)F)c2)c2cc(C(=O)N3CCN(I)CC3)cn2n1. The summed E-state index contributed by atoms with van der Waals surface area (Å²) in [7, 11) is 0. The van der Waals surface area contributed by atoms with Gasteiger partial charge in [-0.1, -0.05) is 0 Å². The van der Waals surface area contributed by atoms with Gasteiger partial charge in [0, 0.05) is 60.9 Å². The third-order valence-corrected chi connectivity index (χ3v) is 6.45. The molecule has 0 spiro atoms. The highest BCUT2D eigenvalue weighted by Gasteiger charge is 2.31. The van der Waals surface area contributed by atoms with Crippen molar-refractivity contribution in [1.29, 1.82) is 0 Å². The number of hydrogen-bond donors (Lipinski definition) is 2. The van der Waals surface area contributed by atoms with Gasteiger partial charge in [-0.15, -0.1) is 0 Å². The van der Waals surface area contributed by atoms with Crippen LogP contribution in [0.3, 0.4) is 0 Å². The van der Waals surface area contributed by atoms with Gasteiger partial charge in [0.05, 0.1) is 17.2 Å². The lowest BCUT2D eigenvalue weighted by molar-refractivity contribution is -0.137. The molecule has 3 aromatic rings. The summed E-state index contributed by atoms with van der Waals surface area (Å²) in [6.07, 6.45) is -2.84. The second-order valence-corrected chi connectivity index (χ2v) is 9.38. The van der Waals surface area contributed by atoms with E-state index >= 15 is 0 Å². The molecule has 2 aromatic heterocycles. The number of rotatable bonds is 4. The van der Waals surface area contributed by atoms with Crippen LogP contribution in [0.5, 0.6) is 0 Å². The summed E-state index contributed by atoms with van der Waals surface area (Å²) in [5.74, 6) is 0.781. The molecule has 0 aliphatic carbocycles. The van der Waals surface area contributed by atoms with Crippen LogP contribution in [-0.2, 0) is 6.18 Å². The molecule has 0 unspecified atom stereocenters. The van der Waals surface area contributed by atoms with E-state index in [1.54, 1.807) is 35.5 Å². The first kappa shape index (κ1) is 23.5. The van der Waals surface area contributed by atoms with E-state index in [2.05, 4.69) is 41.4 Å². The van der Waals surface area contributed by atoms with Crippen molar-refractivity contribution >= 4 is 45.8 Å². The van der Waals surface area contributed by atoms with Crippen LogP contribution in [0.4, 0.5) is 24.7 Å². The summed E-state index contributed by atoms with van der Waals surface area (Å²) in [5.41, 5.74) is 6.35.